The molecular formula is C9H7F3Se2. The molecule has 0 saturated carbocycles. The first-order chi connectivity index (χ1) is 6.45. The van der Waals surface area contributed by atoms with E-state index in [4.69, 9.17) is 0 Å². The molecule has 0 atom stereocenters. The second-order valence-electron chi connectivity index (χ2n) is 2.57. The summed E-state index contributed by atoms with van der Waals surface area (Å²) < 4.78 is 37.6. The van der Waals surface area contributed by atoms with E-state index >= 15 is 0 Å². The monoisotopic (exact) mass is 332 g/mol. The summed E-state index contributed by atoms with van der Waals surface area (Å²) in [5.41, 5.74) is 0.248. The van der Waals surface area contributed by atoms with Crippen LogP contribution in [-0.2, 0) is 6.18 Å². The van der Waals surface area contributed by atoms with E-state index in [9.17, 15) is 13.2 Å². The molecule has 0 amide bonds. The van der Waals surface area contributed by atoms with Gasteiger partial charge in [0.25, 0.3) is 0 Å². The van der Waals surface area contributed by atoms with Crippen LogP contribution in [0.1, 0.15) is 11.1 Å². The summed E-state index contributed by atoms with van der Waals surface area (Å²) in [6, 6.07) is 5.22. The fourth-order valence-electron chi connectivity index (χ4n) is 0.913. The Labute approximate surface area is 94.4 Å². The molecule has 14 heavy (non-hydrogen) atoms. The Morgan fingerprint density at radius 3 is 2.07 bits per heavy atom. The van der Waals surface area contributed by atoms with Gasteiger partial charge in [0.2, 0.25) is 0 Å². The Hall–Kier alpha value is -0.0810. The van der Waals surface area contributed by atoms with Crippen LogP contribution in [0.4, 0.5) is 13.2 Å². The first kappa shape index (κ1) is 12.0. The van der Waals surface area contributed by atoms with E-state index in [0.717, 1.165) is 21.0 Å². The van der Waals surface area contributed by atoms with E-state index in [1.165, 1.54) is 12.1 Å². The summed E-state index contributed by atoms with van der Waals surface area (Å²) in [5.74, 6) is 2.01. The molecule has 76 valence electrons. The van der Waals surface area contributed by atoms with Crippen LogP contribution >= 0.6 is 0 Å². The summed E-state index contributed by atoms with van der Waals surface area (Å²) in [6.45, 7) is 0. The van der Waals surface area contributed by atoms with E-state index in [1.54, 1.807) is 0 Å². The maximum atomic E-state index is 12.2. The third kappa shape index (κ3) is 2.96. The summed E-state index contributed by atoms with van der Waals surface area (Å²) in [6.07, 6.45) is -4.24. The minimum atomic E-state index is -4.24. The Morgan fingerprint density at radius 2 is 1.71 bits per heavy atom. The fourth-order valence-corrected chi connectivity index (χ4v) is 1.98. The van der Waals surface area contributed by atoms with Gasteiger partial charge in [0, 0.05) is 0 Å². The second-order valence-corrected chi connectivity index (χ2v) is 6.45. The van der Waals surface area contributed by atoms with Gasteiger partial charge in [0.1, 0.15) is 0 Å². The quantitative estimate of drug-likeness (QED) is 0.729. The maximum absolute atomic E-state index is 12.2. The molecule has 1 rings (SSSR count). The normalized spacial score (nSPS) is 11.4. The Balaban J connectivity index is 2.95. The molecule has 0 nitrogen and oxygen atoms in total. The topological polar surface area (TPSA) is 0 Å². The molecule has 0 bridgehead atoms. The van der Waals surface area contributed by atoms with Gasteiger partial charge in [-0.2, -0.15) is 0 Å². The summed E-state index contributed by atoms with van der Waals surface area (Å²) in [4.78, 5) is 0. The number of rotatable bonds is 2. The van der Waals surface area contributed by atoms with Crippen molar-refractivity contribution in [2.75, 3.05) is 0 Å². The van der Waals surface area contributed by atoms with Crippen molar-refractivity contribution in [2.24, 2.45) is 0 Å². The molecule has 0 spiro atoms. The zero-order chi connectivity index (χ0) is 10.8. The molecule has 0 aliphatic carbocycles. The second kappa shape index (κ2) is 4.63. The average Bonchev–Trinajstić information content (AvgIpc) is 2.15. The molecule has 0 radical (unpaired) electrons. The molecule has 1 aromatic rings. The number of hydrogen-bond acceptors (Lipinski definition) is 0. The molecule has 0 aliphatic rings. The van der Waals surface area contributed by atoms with E-state index in [1.807, 2.05) is 5.82 Å². The Morgan fingerprint density at radius 1 is 1.21 bits per heavy atom. The number of benzene rings is 1. The van der Waals surface area contributed by atoms with Crippen LogP contribution in [0.2, 0.25) is 5.82 Å². The Bertz CT molecular complexity index is 327. The molecule has 0 heterocycles. The van der Waals surface area contributed by atoms with Crippen molar-refractivity contribution in [2.45, 2.75) is 12.0 Å². The minimum absolute atomic E-state index is 0.291. The van der Waals surface area contributed by atoms with Crippen LogP contribution in [0.5, 0.6) is 0 Å². The van der Waals surface area contributed by atoms with Crippen molar-refractivity contribution >= 4 is 33.8 Å². The zero-order valence-electron chi connectivity index (χ0n) is 7.26. The molecule has 0 fully saturated rings. The van der Waals surface area contributed by atoms with Crippen molar-refractivity contribution in [1.82, 2.24) is 0 Å². The standard InChI is InChI=1S/C9H7F3Se2/c1-14-8(13)6-2-4-7(5-3-6)9(10,11)12/h2-5H,1H3. The number of alkyl halides is 3. The molecule has 0 unspecified atom stereocenters. The molecule has 5 heteroatoms. The van der Waals surface area contributed by atoms with Gasteiger partial charge in [-0.15, -0.1) is 0 Å². The van der Waals surface area contributed by atoms with Crippen LogP contribution < -0.4 is 0 Å². The van der Waals surface area contributed by atoms with Crippen molar-refractivity contribution in [1.29, 1.82) is 0 Å². The van der Waals surface area contributed by atoms with Crippen molar-refractivity contribution < 1.29 is 13.2 Å². The predicted molar refractivity (Wildman–Crippen MR) is 52.9 cm³/mol. The predicted octanol–water partition coefficient (Wildman–Crippen LogP) is 2.10. The summed E-state index contributed by atoms with van der Waals surface area (Å²) in [7, 11) is 0. The third-order valence-corrected chi connectivity index (χ3v) is 5.22. The van der Waals surface area contributed by atoms with E-state index in [-0.39, 0.29) is 0 Å². The molecule has 1 aromatic carbocycles. The average molecular weight is 330 g/mol. The SMILES string of the molecule is C[Se]C(=[Se])c1ccc(C(F)(F)F)cc1. The van der Waals surface area contributed by atoms with Crippen LogP contribution in [0, 0.1) is 0 Å². The van der Waals surface area contributed by atoms with Gasteiger partial charge in [0.15, 0.2) is 0 Å². The zero-order valence-corrected chi connectivity index (χ0v) is 10.7. The molecule has 0 saturated heterocycles. The van der Waals surface area contributed by atoms with Gasteiger partial charge >= 0.3 is 94.4 Å². The van der Waals surface area contributed by atoms with Crippen molar-refractivity contribution in [3.05, 3.63) is 35.4 Å². The van der Waals surface area contributed by atoms with Gasteiger partial charge in [-0.1, -0.05) is 0 Å². The summed E-state index contributed by atoms with van der Waals surface area (Å²) in [5, 5.41) is 0. The van der Waals surface area contributed by atoms with E-state index in [2.05, 4.69) is 15.6 Å². The van der Waals surface area contributed by atoms with Crippen molar-refractivity contribution in [3.8, 4) is 0 Å². The first-order valence-corrected chi connectivity index (χ1v) is 7.13. The van der Waals surface area contributed by atoms with Gasteiger partial charge in [-0.05, 0) is 0 Å². The number of halogens is 3. The molecular weight excluding hydrogens is 323 g/mol. The molecule has 0 aliphatic heterocycles. The van der Waals surface area contributed by atoms with Crippen LogP contribution in [0.25, 0.3) is 0 Å². The first-order valence-electron chi connectivity index (χ1n) is 3.70. The molecule has 0 N–H and O–H groups in total. The Kier molecular flexibility index (Phi) is 3.96. The van der Waals surface area contributed by atoms with Crippen molar-refractivity contribution in [3.63, 3.8) is 0 Å². The van der Waals surface area contributed by atoms with Gasteiger partial charge in [-0.25, -0.2) is 0 Å². The fraction of sp³-hybridized carbons (Fsp3) is 0.222. The molecule has 0 aromatic heterocycles. The van der Waals surface area contributed by atoms with Gasteiger partial charge < -0.3 is 0 Å². The summed E-state index contributed by atoms with van der Waals surface area (Å²) >= 11 is 3.16. The van der Waals surface area contributed by atoms with E-state index in [0.29, 0.717) is 15.0 Å². The van der Waals surface area contributed by atoms with Crippen LogP contribution in [0.3, 0.4) is 0 Å². The third-order valence-electron chi connectivity index (χ3n) is 1.63. The van der Waals surface area contributed by atoms with Gasteiger partial charge in [-0.3, -0.25) is 0 Å². The van der Waals surface area contributed by atoms with E-state index < -0.39 is 11.7 Å². The van der Waals surface area contributed by atoms with Crippen LogP contribution in [0.15, 0.2) is 24.3 Å². The van der Waals surface area contributed by atoms with Gasteiger partial charge in [0.05, 0.1) is 0 Å². The number of hydrogen-bond donors (Lipinski definition) is 0. The van der Waals surface area contributed by atoms with Crippen LogP contribution in [-0.4, -0.2) is 33.8 Å².